The Labute approximate surface area is 118 Å². The number of hydrogen-bond acceptors (Lipinski definition) is 5. The van der Waals surface area contributed by atoms with Crippen molar-refractivity contribution in [3.05, 3.63) is 17.8 Å². The Hall–Kier alpha value is -1.69. The number of hydrogen-bond donors (Lipinski definition) is 2. The highest BCUT2D eigenvalue weighted by atomic mass is 16.1. The smallest absolute Gasteiger partial charge is 0.269 e. The highest BCUT2D eigenvalue weighted by molar-refractivity contribution is 5.90. The molecule has 1 amide bonds. The van der Waals surface area contributed by atoms with E-state index >= 15 is 0 Å². The molecule has 0 bridgehead atoms. The molecule has 3 N–H and O–H groups in total. The number of nitrogens with two attached hydrogens (primary N) is 1. The Morgan fingerprint density at radius 3 is 2.75 bits per heavy atom. The van der Waals surface area contributed by atoms with Crippen LogP contribution >= 0.6 is 0 Å². The van der Waals surface area contributed by atoms with Crippen molar-refractivity contribution in [2.45, 2.75) is 31.7 Å². The number of primary amides is 1. The standard InChI is InChI=1S/C14H21N5O/c15-14(20)12-5-6-13(18-17-12)19(11-3-4-11)9-10-2-1-7-16-8-10/h5-6,10-11,16H,1-4,7-9H2,(H2,15,20). The van der Waals surface area contributed by atoms with Crippen LogP contribution in [0.3, 0.4) is 0 Å². The lowest BCUT2D eigenvalue weighted by molar-refractivity contribution is 0.0994. The van der Waals surface area contributed by atoms with Gasteiger partial charge in [-0.25, -0.2) is 0 Å². The number of anilines is 1. The molecule has 20 heavy (non-hydrogen) atoms. The predicted molar refractivity (Wildman–Crippen MR) is 76.5 cm³/mol. The fourth-order valence-electron chi connectivity index (χ4n) is 2.78. The number of amides is 1. The van der Waals surface area contributed by atoms with E-state index in [1.54, 1.807) is 6.07 Å². The minimum atomic E-state index is -0.529. The molecule has 6 nitrogen and oxygen atoms in total. The number of carbonyl (C=O) groups is 1. The zero-order chi connectivity index (χ0) is 13.9. The molecule has 1 aliphatic carbocycles. The van der Waals surface area contributed by atoms with Gasteiger partial charge in [-0.05, 0) is 56.8 Å². The third-order valence-corrected chi connectivity index (χ3v) is 4.04. The zero-order valence-corrected chi connectivity index (χ0v) is 11.6. The quantitative estimate of drug-likeness (QED) is 0.819. The summed E-state index contributed by atoms with van der Waals surface area (Å²) in [6, 6.07) is 4.12. The van der Waals surface area contributed by atoms with Gasteiger partial charge in [-0.3, -0.25) is 4.79 Å². The van der Waals surface area contributed by atoms with Gasteiger partial charge in [0.2, 0.25) is 0 Å². The first kappa shape index (κ1) is 13.3. The maximum Gasteiger partial charge on any atom is 0.269 e. The fourth-order valence-corrected chi connectivity index (χ4v) is 2.78. The van der Waals surface area contributed by atoms with Crippen LogP contribution in [0.25, 0.3) is 0 Å². The van der Waals surface area contributed by atoms with E-state index in [0.717, 1.165) is 25.5 Å². The van der Waals surface area contributed by atoms with Crippen LogP contribution in [0.4, 0.5) is 5.82 Å². The number of aromatic nitrogens is 2. The maximum absolute atomic E-state index is 11.0. The van der Waals surface area contributed by atoms with Crippen LogP contribution in [0.2, 0.25) is 0 Å². The molecule has 1 saturated carbocycles. The summed E-state index contributed by atoms with van der Waals surface area (Å²) in [5.41, 5.74) is 5.42. The van der Waals surface area contributed by atoms with Crippen LogP contribution in [0.1, 0.15) is 36.2 Å². The van der Waals surface area contributed by atoms with E-state index in [9.17, 15) is 4.79 Å². The third kappa shape index (κ3) is 3.07. The first-order chi connectivity index (χ1) is 9.74. The van der Waals surface area contributed by atoms with E-state index < -0.39 is 5.91 Å². The highest BCUT2D eigenvalue weighted by Gasteiger charge is 2.32. The number of rotatable bonds is 5. The van der Waals surface area contributed by atoms with Crippen molar-refractivity contribution >= 4 is 11.7 Å². The SMILES string of the molecule is NC(=O)c1ccc(N(CC2CCCNC2)C2CC2)nn1. The Bertz CT molecular complexity index is 465. The lowest BCUT2D eigenvalue weighted by Crippen LogP contribution is -2.39. The van der Waals surface area contributed by atoms with E-state index in [2.05, 4.69) is 20.4 Å². The number of nitrogens with one attached hydrogen (secondary N) is 1. The molecule has 3 rings (SSSR count). The minimum Gasteiger partial charge on any atom is -0.364 e. The van der Waals surface area contributed by atoms with E-state index in [1.807, 2.05) is 6.07 Å². The topological polar surface area (TPSA) is 84.1 Å². The van der Waals surface area contributed by atoms with Gasteiger partial charge in [-0.1, -0.05) is 0 Å². The molecule has 2 heterocycles. The summed E-state index contributed by atoms with van der Waals surface area (Å²) in [5.74, 6) is 1.00. The monoisotopic (exact) mass is 275 g/mol. The van der Waals surface area contributed by atoms with Crippen LogP contribution in [0, 0.1) is 5.92 Å². The van der Waals surface area contributed by atoms with Crippen LogP contribution in [-0.4, -0.2) is 41.8 Å². The molecule has 0 spiro atoms. The molecular formula is C14H21N5O. The Balaban J connectivity index is 1.71. The molecule has 0 aromatic carbocycles. The lowest BCUT2D eigenvalue weighted by atomic mass is 9.99. The van der Waals surface area contributed by atoms with Crippen molar-refractivity contribution in [3.63, 3.8) is 0 Å². The molecule has 1 aromatic heterocycles. The van der Waals surface area contributed by atoms with Gasteiger partial charge >= 0.3 is 0 Å². The van der Waals surface area contributed by atoms with Crippen molar-refractivity contribution in [2.75, 3.05) is 24.5 Å². The van der Waals surface area contributed by atoms with Gasteiger partial charge in [0, 0.05) is 12.6 Å². The minimum absolute atomic E-state index is 0.226. The second-order valence-electron chi connectivity index (χ2n) is 5.74. The van der Waals surface area contributed by atoms with Gasteiger partial charge in [-0.2, -0.15) is 0 Å². The average molecular weight is 275 g/mol. The van der Waals surface area contributed by atoms with Crippen LogP contribution in [0.15, 0.2) is 12.1 Å². The van der Waals surface area contributed by atoms with Crippen molar-refractivity contribution in [3.8, 4) is 0 Å². The predicted octanol–water partition coefficient (Wildman–Crippen LogP) is 0.544. The molecule has 1 unspecified atom stereocenters. The van der Waals surface area contributed by atoms with Crippen molar-refractivity contribution in [1.82, 2.24) is 15.5 Å². The Morgan fingerprint density at radius 2 is 2.20 bits per heavy atom. The second kappa shape index (κ2) is 5.75. The highest BCUT2D eigenvalue weighted by Crippen LogP contribution is 2.31. The van der Waals surface area contributed by atoms with Gasteiger partial charge in [0.05, 0.1) is 0 Å². The van der Waals surface area contributed by atoms with Gasteiger partial charge < -0.3 is 16.0 Å². The Morgan fingerprint density at radius 1 is 1.35 bits per heavy atom. The van der Waals surface area contributed by atoms with Crippen molar-refractivity contribution < 1.29 is 4.79 Å². The van der Waals surface area contributed by atoms with Crippen molar-refractivity contribution in [1.29, 1.82) is 0 Å². The third-order valence-electron chi connectivity index (χ3n) is 4.04. The molecular weight excluding hydrogens is 254 g/mol. The summed E-state index contributed by atoms with van der Waals surface area (Å²) in [6.07, 6.45) is 4.96. The molecule has 2 fully saturated rings. The number of carbonyl (C=O) groups excluding carboxylic acids is 1. The average Bonchev–Trinajstić information content (AvgIpc) is 3.30. The maximum atomic E-state index is 11.0. The van der Waals surface area contributed by atoms with Gasteiger partial charge in [-0.15, -0.1) is 10.2 Å². The van der Waals surface area contributed by atoms with E-state index in [1.165, 1.54) is 25.7 Å². The van der Waals surface area contributed by atoms with E-state index in [-0.39, 0.29) is 5.69 Å². The van der Waals surface area contributed by atoms with Crippen LogP contribution < -0.4 is 16.0 Å². The summed E-state index contributed by atoms with van der Waals surface area (Å²) in [5, 5.41) is 11.6. The first-order valence-electron chi connectivity index (χ1n) is 7.35. The molecule has 1 aromatic rings. The van der Waals surface area contributed by atoms with Crippen LogP contribution in [0.5, 0.6) is 0 Å². The normalized spacial score (nSPS) is 22.5. The molecule has 1 saturated heterocycles. The molecule has 2 aliphatic rings. The summed E-state index contributed by atoms with van der Waals surface area (Å²) >= 11 is 0. The Kier molecular flexibility index (Phi) is 3.82. The molecule has 1 aliphatic heterocycles. The first-order valence-corrected chi connectivity index (χ1v) is 7.35. The van der Waals surface area contributed by atoms with Crippen molar-refractivity contribution in [2.24, 2.45) is 11.7 Å². The fraction of sp³-hybridized carbons (Fsp3) is 0.643. The van der Waals surface area contributed by atoms with Gasteiger partial charge in [0.1, 0.15) is 0 Å². The van der Waals surface area contributed by atoms with E-state index in [0.29, 0.717) is 12.0 Å². The van der Waals surface area contributed by atoms with Crippen LogP contribution in [-0.2, 0) is 0 Å². The molecule has 1 atom stereocenters. The summed E-state index contributed by atoms with van der Waals surface area (Å²) in [4.78, 5) is 13.4. The number of nitrogens with zero attached hydrogens (tertiary/aromatic N) is 3. The summed E-state index contributed by atoms with van der Waals surface area (Å²) in [6.45, 7) is 3.23. The molecule has 0 radical (unpaired) electrons. The van der Waals surface area contributed by atoms with Gasteiger partial charge in [0.25, 0.3) is 5.91 Å². The zero-order valence-electron chi connectivity index (χ0n) is 11.6. The van der Waals surface area contributed by atoms with E-state index in [4.69, 9.17) is 5.73 Å². The molecule has 6 heteroatoms. The molecule has 108 valence electrons. The second-order valence-corrected chi connectivity index (χ2v) is 5.74. The summed E-state index contributed by atoms with van der Waals surface area (Å²) in [7, 11) is 0. The summed E-state index contributed by atoms with van der Waals surface area (Å²) < 4.78 is 0. The largest absolute Gasteiger partial charge is 0.364 e. The lowest BCUT2D eigenvalue weighted by Gasteiger charge is -2.30. The van der Waals surface area contributed by atoms with Gasteiger partial charge in [0.15, 0.2) is 11.5 Å². The number of piperidine rings is 1.